The van der Waals surface area contributed by atoms with E-state index < -0.39 is 0 Å². The largest absolute Gasteiger partial charge is 0.292 e. The summed E-state index contributed by atoms with van der Waals surface area (Å²) in [6.07, 6.45) is 4.88. The van der Waals surface area contributed by atoms with E-state index in [1.807, 2.05) is 24.6 Å². The van der Waals surface area contributed by atoms with Gasteiger partial charge in [-0.3, -0.25) is 9.98 Å². The van der Waals surface area contributed by atoms with E-state index >= 15 is 0 Å². The summed E-state index contributed by atoms with van der Waals surface area (Å²) in [4.78, 5) is 11.2. The molecule has 2 aromatic rings. The van der Waals surface area contributed by atoms with Crippen LogP contribution in [0.25, 0.3) is 0 Å². The van der Waals surface area contributed by atoms with Gasteiger partial charge in [0.05, 0.1) is 0 Å². The van der Waals surface area contributed by atoms with Gasteiger partial charge in [-0.25, -0.2) is 0 Å². The van der Waals surface area contributed by atoms with Gasteiger partial charge in [-0.15, -0.1) is 22.7 Å². The molecule has 2 heterocycles. The molecule has 0 aromatic carbocycles. The van der Waals surface area contributed by atoms with Crippen LogP contribution < -0.4 is 0 Å². The maximum absolute atomic E-state index is 4.36. The normalized spacial score (nSPS) is 11.8. The summed E-state index contributed by atoms with van der Waals surface area (Å²) < 4.78 is 0. The molecule has 0 fully saturated rings. The summed E-state index contributed by atoms with van der Waals surface area (Å²) in [5.74, 6) is 0. The molecule has 0 saturated carbocycles. The highest BCUT2D eigenvalue weighted by molar-refractivity contribution is 7.12. The third kappa shape index (κ3) is 4.63. The van der Waals surface area contributed by atoms with Crippen LogP contribution >= 0.6 is 22.7 Å². The fourth-order valence-electron chi connectivity index (χ4n) is 1.29. The smallest absolute Gasteiger partial charge is 0.0448 e. The SMILES string of the molecule is C(=NCCCN=Cc1cccs1)c1cccs1. The molecule has 4 heteroatoms. The molecule has 0 amide bonds. The zero-order valence-corrected chi connectivity index (χ0v) is 11.1. The topological polar surface area (TPSA) is 24.7 Å². The van der Waals surface area contributed by atoms with E-state index in [4.69, 9.17) is 0 Å². The van der Waals surface area contributed by atoms with E-state index in [2.05, 4.69) is 32.9 Å². The molecule has 0 radical (unpaired) electrons. The van der Waals surface area contributed by atoms with Gasteiger partial charge in [0.25, 0.3) is 0 Å². The number of hydrogen-bond acceptors (Lipinski definition) is 4. The standard InChI is InChI=1S/C13H14N2S2/c1-4-12(16-8-1)10-14-6-3-7-15-11-13-5-2-9-17-13/h1-2,4-5,8-11H,3,6-7H2. The molecular weight excluding hydrogens is 248 g/mol. The highest BCUT2D eigenvalue weighted by Gasteiger charge is 1.88. The van der Waals surface area contributed by atoms with Gasteiger partial charge in [0.15, 0.2) is 0 Å². The molecule has 0 N–H and O–H groups in total. The predicted molar refractivity (Wildman–Crippen MR) is 78.2 cm³/mol. The fourth-order valence-corrected chi connectivity index (χ4v) is 2.51. The first kappa shape index (κ1) is 12.2. The lowest BCUT2D eigenvalue weighted by Crippen LogP contribution is -1.87. The Balaban J connectivity index is 1.61. The van der Waals surface area contributed by atoms with Crippen LogP contribution in [-0.2, 0) is 0 Å². The maximum Gasteiger partial charge on any atom is 0.0448 e. The Morgan fingerprint density at radius 2 is 1.41 bits per heavy atom. The number of nitrogens with zero attached hydrogens (tertiary/aromatic N) is 2. The third-order valence-electron chi connectivity index (χ3n) is 2.10. The minimum Gasteiger partial charge on any atom is -0.292 e. The average molecular weight is 262 g/mol. The van der Waals surface area contributed by atoms with E-state index in [1.165, 1.54) is 9.75 Å². The van der Waals surface area contributed by atoms with Crippen molar-refractivity contribution < 1.29 is 0 Å². The number of thiophene rings is 2. The van der Waals surface area contributed by atoms with Gasteiger partial charge < -0.3 is 0 Å². The van der Waals surface area contributed by atoms with E-state index in [-0.39, 0.29) is 0 Å². The lowest BCUT2D eigenvalue weighted by molar-refractivity contribution is 0.851. The Kier molecular flexibility index (Phi) is 5.13. The molecule has 0 aliphatic heterocycles. The van der Waals surface area contributed by atoms with Crippen molar-refractivity contribution in [3.05, 3.63) is 44.8 Å². The van der Waals surface area contributed by atoms with Crippen LogP contribution in [0.2, 0.25) is 0 Å². The molecule has 0 aliphatic rings. The van der Waals surface area contributed by atoms with Crippen molar-refractivity contribution in [2.45, 2.75) is 6.42 Å². The highest BCUT2D eigenvalue weighted by atomic mass is 32.1. The Bertz CT molecular complexity index is 411. The van der Waals surface area contributed by atoms with Gasteiger partial charge in [0.1, 0.15) is 0 Å². The summed E-state index contributed by atoms with van der Waals surface area (Å²) >= 11 is 3.42. The van der Waals surface area contributed by atoms with Gasteiger partial charge in [-0.1, -0.05) is 12.1 Å². The Morgan fingerprint density at radius 1 is 0.882 bits per heavy atom. The molecule has 0 saturated heterocycles. The van der Waals surface area contributed by atoms with E-state index in [0.717, 1.165) is 19.5 Å². The van der Waals surface area contributed by atoms with Gasteiger partial charge in [-0.2, -0.15) is 0 Å². The van der Waals surface area contributed by atoms with Crippen LogP contribution in [0, 0.1) is 0 Å². The molecule has 2 aromatic heterocycles. The van der Waals surface area contributed by atoms with Crippen LogP contribution in [0.5, 0.6) is 0 Å². The molecule has 0 bridgehead atoms. The van der Waals surface area contributed by atoms with Crippen molar-refractivity contribution in [3.8, 4) is 0 Å². The average Bonchev–Trinajstić information content (AvgIpc) is 3.00. The van der Waals surface area contributed by atoms with Crippen LogP contribution in [0.3, 0.4) is 0 Å². The molecule has 0 unspecified atom stereocenters. The Labute approximate surface area is 109 Å². The first-order valence-corrected chi connectivity index (χ1v) is 7.28. The van der Waals surface area contributed by atoms with Crippen LogP contribution in [0.4, 0.5) is 0 Å². The lowest BCUT2D eigenvalue weighted by Gasteiger charge is -1.90. The lowest BCUT2D eigenvalue weighted by atomic mass is 10.4. The molecule has 88 valence electrons. The zero-order chi connectivity index (χ0) is 11.8. The van der Waals surface area contributed by atoms with Crippen molar-refractivity contribution in [1.82, 2.24) is 0 Å². The highest BCUT2D eigenvalue weighted by Crippen LogP contribution is 2.05. The van der Waals surface area contributed by atoms with E-state index in [1.54, 1.807) is 22.7 Å². The minimum atomic E-state index is 0.847. The van der Waals surface area contributed by atoms with Gasteiger partial charge in [-0.05, 0) is 29.3 Å². The summed E-state index contributed by atoms with van der Waals surface area (Å²) in [5, 5.41) is 4.12. The molecule has 2 rings (SSSR count). The first-order chi connectivity index (χ1) is 8.45. The molecule has 0 spiro atoms. The second-order valence-electron chi connectivity index (χ2n) is 3.45. The van der Waals surface area contributed by atoms with Crippen molar-refractivity contribution in [2.75, 3.05) is 13.1 Å². The maximum atomic E-state index is 4.36. The van der Waals surface area contributed by atoms with Crippen molar-refractivity contribution in [2.24, 2.45) is 9.98 Å². The molecule has 0 atom stereocenters. The van der Waals surface area contributed by atoms with Gasteiger partial charge in [0.2, 0.25) is 0 Å². The van der Waals surface area contributed by atoms with Gasteiger partial charge in [0, 0.05) is 35.3 Å². The second kappa shape index (κ2) is 7.14. The summed E-state index contributed by atoms with van der Waals surface area (Å²) in [5.41, 5.74) is 0. The fraction of sp³-hybridized carbons (Fsp3) is 0.231. The van der Waals surface area contributed by atoms with Crippen molar-refractivity contribution in [3.63, 3.8) is 0 Å². The monoisotopic (exact) mass is 262 g/mol. The number of rotatable bonds is 6. The Hall–Kier alpha value is -1.26. The van der Waals surface area contributed by atoms with Crippen molar-refractivity contribution in [1.29, 1.82) is 0 Å². The third-order valence-corrected chi connectivity index (χ3v) is 3.71. The summed E-state index contributed by atoms with van der Waals surface area (Å²) in [7, 11) is 0. The summed E-state index contributed by atoms with van der Waals surface area (Å²) in [6, 6.07) is 8.22. The van der Waals surface area contributed by atoms with E-state index in [0.29, 0.717) is 0 Å². The Morgan fingerprint density at radius 3 is 1.82 bits per heavy atom. The minimum absolute atomic E-state index is 0.847. The van der Waals surface area contributed by atoms with Crippen molar-refractivity contribution >= 4 is 35.1 Å². The second-order valence-corrected chi connectivity index (χ2v) is 5.41. The van der Waals surface area contributed by atoms with Crippen LogP contribution in [0.1, 0.15) is 16.2 Å². The molecule has 2 nitrogen and oxygen atoms in total. The molecule has 0 aliphatic carbocycles. The van der Waals surface area contributed by atoms with E-state index in [9.17, 15) is 0 Å². The number of aliphatic imine (C=N–C) groups is 2. The zero-order valence-electron chi connectivity index (χ0n) is 9.45. The van der Waals surface area contributed by atoms with Crippen LogP contribution in [0.15, 0.2) is 45.0 Å². The molecular formula is C13H14N2S2. The molecule has 17 heavy (non-hydrogen) atoms. The number of hydrogen-bond donors (Lipinski definition) is 0. The summed E-state index contributed by atoms with van der Waals surface area (Å²) in [6.45, 7) is 1.69. The predicted octanol–water partition coefficient (Wildman–Crippen LogP) is 3.74. The quantitative estimate of drug-likeness (QED) is 0.560. The van der Waals surface area contributed by atoms with Crippen LogP contribution in [-0.4, -0.2) is 25.5 Å². The first-order valence-electron chi connectivity index (χ1n) is 5.52. The van der Waals surface area contributed by atoms with Gasteiger partial charge >= 0.3 is 0 Å².